The lowest BCUT2D eigenvalue weighted by atomic mass is 9.85. The predicted octanol–water partition coefficient (Wildman–Crippen LogP) is 5.43. The number of aromatic nitrogens is 1. The number of hydrogen-bond acceptors (Lipinski definition) is 7. The Morgan fingerprint density at radius 3 is 2.62 bits per heavy atom. The first-order valence-electron chi connectivity index (χ1n) is 16.1. The van der Waals surface area contributed by atoms with E-state index in [9.17, 15) is 38.4 Å². The standard InChI is InChI=1S/C33H34ClFN5O6PS/c34-21-12-20(15-37-16-21)23-17-39(33(9-10-33)24(23)14-36)32(43)26-7-6-22-3-1-2-4-25(31(42)40(22)26)38-30(41)28-13-19-11-18(5-8-27(19)48-28)29(35)47(44,45)46/h5,8,11-13,15-16,22-26,29H,1-4,6-7,9-10,17H2,(H,38,41)(H2,44,45,46)/t22-,23+,24+,25?,26-,29+/m0/s1. The molecule has 7 rings (SSSR count). The minimum absolute atomic E-state index is 0.131. The summed E-state index contributed by atoms with van der Waals surface area (Å²) in [5, 5.41) is 14.0. The summed E-state index contributed by atoms with van der Waals surface area (Å²) < 4.78 is 26.4. The molecule has 4 aliphatic rings. The fraction of sp³-hybridized carbons (Fsp3) is 0.485. The maximum absolute atomic E-state index is 14.4. The molecule has 4 fully saturated rings. The van der Waals surface area contributed by atoms with E-state index in [0.29, 0.717) is 53.8 Å². The first-order valence-corrected chi connectivity index (χ1v) is 19.0. The monoisotopic (exact) mass is 713 g/mol. The molecule has 3 aromatic rings. The third-order valence-corrected chi connectivity index (χ3v) is 12.7. The highest BCUT2D eigenvalue weighted by molar-refractivity contribution is 7.51. The molecule has 1 spiro atoms. The number of benzene rings is 1. The number of nitriles is 1. The van der Waals surface area contributed by atoms with Crippen LogP contribution in [0.5, 0.6) is 0 Å². The summed E-state index contributed by atoms with van der Waals surface area (Å²) in [6.45, 7) is 0.341. The smallest absolute Gasteiger partial charge is 0.340 e. The number of alkyl halides is 1. The number of nitrogens with zero attached hydrogens (tertiary/aromatic N) is 4. The zero-order chi connectivity index (χ0) is 34.0. The van der Waals surface area contributed by atoms with Crippen molar-refractivity contribution < 1.29 is 33.1 Å². The molecule has 48 heavy (non-hydrogen) atoms. The number of pyridine rings is 1. The van der Waals surface area contributed by atoms with Crippen LogP contribution in [-0.4, -0.2) is 72.5 Å². The Morgan fingerprint density at radius 2 is 1.92 bits per heavy atom. The van der Waals surface area contributed by atoms with Gasteiger partial charge in [-0.1, -0.05) is 30.5 Å². The molecule has 1 aromatic carbocycles. The van der Waals surface area contributed by atoms with Gasteiger partial charge in [0.15, 0.2) is 0 Å². The van der Waals surface area contributed by atoms with E-state index >= 15 is 0 Å². The molecule has 1 aliphatic carbocycles. The first kappa shape index (κ1) is 33.1. The largest absolute Gasteiger partial charge is 0.363 e. The van der Waals surface area contributed by atoms with Crippen molar-refractivity contribution in [1.29, 1.82) is 5.26 Å². The van der Waals surface area contributed by atoms with Crippen molar-refractivity contribution in [3.05, 3.63) is 63.8 Å². The van der Waals surface area contributed by atoms with Crippen molar-refractivity contribution in [3.8, 4) is 6.07 Å². The first-order chi connectivity index (χ1) is 22.9. The van der Waals surface area contributed by atoms with E-state index in [1.165, 1.54) is 30.5 Å². The molecule has 3 saturated heterocycles. The SMILES string of the molecule is N#C[C@@H]1[C@@H](c2cncc(Cl)c2)CN(C(=O)[C@@H]2CC[C@@H]3CCCCC(NC(=O)c4cc5cc([C@H](F)P(=O)(O)O)ccc5s4)C(=O)N32)C12CC2. The van der Waals surface area contributed by atoms with E-state index in [0.717, 1.165) is 36.2 Å². The quantitative estimate of drug-likeness (QED) is 0.285. The van der Waals surface area contributed by atoms with Crippen molar-refractivity contribution in [3.63, 3.8) is 0 Å². The molecule has 6 atom stereocenters. The normalized spacial score (nSPS) is 27.3. The highest BCUT2D eigenvalue weighted by Gasteiger charge is 2.64. The van der Waals surface area contributed by atoms with Gasteiger partial charge in [0.1, 0.15) is 12.1 Å². The molecule has 0 radical (unpaired) electrons. The van der Waals surface area contributed by atoms with Crippen LogP contribution in [0, 0.1) is 17.2 Å². The van der Waals surface area contributed by atoms with Gasteiger partial charge < -0.3 is 24.9 Å². The summed E-state index contributed by atoms with van der Waals surface area (Å²) in [5.74, 6) is -4.09. The van der Waals surface area contributed by atoms with Crippen molar-refractivity contribution >= 4 is 58.3 Å². The maximum atomic E-state index is 14.4. The third kappa shape index (κ3) is 5.81. The Hall–Kier alpha value is -3.40. The Labute approximate surface area is 285 Å². The Balaban J connectivity index is 1.11. The summed E-state index contributed by atoms with van der Waals surface area (Å²) >= 11 is 7.36. The summed E-state index contributed by atoms with van der Waals surface area (Å²) in [6, 6.07) is 8.20. The average Bonchev–Trinajstić information content (AvgIpc) is 3.39. The van der Waals surface area contributed by atoms with Crippen LogP contribution in [-0.2, 0) is 14.2 Å². The van der Waals surface area contributed by atoms with E-state index in [1.54, 1.807) is 17.2 Å². The van der Waals surface area contributed by atoms with E-state index in [1.807, 2.05) is 4.90 Å². The lowest BCUT2D eigenvalue weighted by Crippen LogP contribution is -2.57. The molecular weight excluding hydrogens is 680 g/mol. The second kappa shape index (κ2) is 12.5. The number of carbonyl (C=O) groups excluding carboxylic acids is 3. The van der Waals surface area contributed by atoms with Gasteiger partial charge in [0.25, 0.3) is 5.91 Å². The number of fused-ring (bicyclic) bond motifs is 2. The summed E-state index contributed by atoms with van der Waals surface area (Å²) in [4.78, 5) is 68.6. The zero-order valence-electron chi connectivity index (χ0n) is 25.8. The highest BCUT2D eigenvalue weighted by Crippen LogP contribution is 2.58. The van der Waals surface area contributed by atoms with Gasteiger partial charge in [0, 0.05) is 35.6 Å². The van der Waals surface area contributed by atoms with Gasteiger partial charge in [-0.15, -0.1) is 11.3 Å². The molecule has 1 unspecified atom stereocenters. The van der Waals surface area contributed by atoms with Crippen LogP contribution >= 0.6 is 30.5 Å². The van der Waals surface area contributed by atoms with Crippen LogP contribution < -0.4 is 5.32 Å². The molecule has 3 amide bonds. The molecule has 1 saturated carbocycles. The fourth-order valence-electron chi connectivity index (χ4n) is 8.02. The maximum Gasteiger partial charge on any atom is 0.363 e. The number of halogens is 2. The van der Waals surface area contributed by atoms with Gasteiger partial charge in [-0.25, -0.2) is 4.39 Å². The topological polar surface area (TPSA) is 164 Å². The summed E-state index contributed by atoms with van der Waals surface area (Å²) in [5.41, 5.74) is 0.0492. The molecule has 3 N–H and O–H groups in total. The Morgan fingerprint density at radius 1 is 1.15 bits per heavy atom. The Bertz CT molecular complexity index is 1890. The number of nitrogens with one attached hydrogen (secondary N) is 1. The summed E-state index contributed by atoms with van der Waals surface area (Å²) in [7, 11) is -5.00. The van der Waals surface area contributed by atoms with Crippen LogP contribution in [0.25, 0.3) is 10.1 Å². The van der Waals surface area contributed by atoms with Gasteiger partial charge >= 0.3 is 7.60 Å². The van der Waals surface area contributed by atoms with Gasteiger partial charge in [-0.3, -0.25) is 23.9 Å². The van der Waals surface area contributed by atoms with Gasteiger partial charge in [0.05, 0.1) is 27.4 Å². The minimum Gasteiger partial charge on any atom is -0.340 e. The lowest BCUT2D eigenvalue weighted by Gasteiger charge is -2.37. The van der Waals surface area contributed by atoms with E-state index in [-0.39, 0.29) is 34.2 Å². The van der Waals surface area contributed by atoms with Crippen LogP contribution in [0.2, 0.25) is 5.02 Å². The van der Waals surface area contributed by atoms with Crippen molar-refractivity contribution in [1.82, 2.24) is 20.1 Å². The second-order valence-electron chi connectivity index (χ2n) is 13.3. The number of thiophene rings is 1. The van der Waals surface area contributed by atoms with Crippen molar-refractivity contribution in [2.45, 2.75) is 86.9 Å². The van der Waals surface area contributed by atoms with Gasteiger partial charge in [-0.05, 0) is 79.3 Å². The summed E-state index contributed by atoms with van der Waals surface area (Å²) in [6.07, 6.45) is 8.58. The van der Waals surface area contributed by atoms with Crippen LogP contribution in [0.4, 0.5) is 4.39 Å². The lowest BCUT2D eigenvalue weighted by molar-refractivity contribution is -0.148. The van der Waals surface area contributed by atoms with Gasteiger partial charge in [0.2, 0.25) is 17.7 Å². The number of hydrogen-bond donors (Lipinski definition) is 3. The Kier molecular flexibility index (Phi) is 8.61. The number of amides is 3. The van der Waals surface area contributed by atoms with E-state index < -0.39 is 43.0 Å². The molecule has 3 aliphatic heterocycles. The van der Waals surface area contributed by atoms with E-state index in [2.05, 4.69) is 16.4 Å². The van der Waals surface area contributed by atoms with Crippen molar-refractivity contribution in [2.75, 3.05) is 6.54 Å². The number of likely N-dealkylation sites (tertiary alicyclic amines) is 1. The van der Waals surface area contributed by atoms with E-state index in [4.69, 9.17) is 11.6 Å². The third-order valence-electron chi connectivity index (χ3n) is 10.5. The minimum atomic E-state index is -5.00. The zero-order valence-corrected chi connectivity index (χ0v) is 28.3. The molecule has 252 valence electrons. The van der Waals surface area contributed by atoms with Crippen LogP contribution in [0.1, 0.15) is 84.0 Å². The molecule has 11 nitrogen and oxygen atoms in total. The predicted molar refractivity (Wildman–Crippen MR) is 176 cm³/mol. The van der Waals surface area contributed by atoms with Gasteiger partial charge in [-0.2, -0.15) is 5.26 Å². The van der Waals surface area contributed by atoms with Crippen LogP contribution in [0.3, 0.4) is 0 Å². The molecule has 0 bridgehead atoms. The molecular formula is C33H34ClFN5O6PS. The molecule has 5 heterocycles. The van der Waals surface area contributed by atoms with Crippen molar-refractivity contribution in [2.24, 2.45) is 5.92 Å². The highest BCUT2D eigenvalue weighted by atomic mass is 35.5. The molecule has 15 heteroatoms. The van der Waals surface area contributed by atoms with Crippen LogP contribution in [0.15, 0.2) is 42.7 Å². The average molecular weight is 714 g/mol. The fourth-order valence-corrected chi connectivity index (χ4v) is 9.69. The second-order valence-corrected chi connectivity index (χ2v) is 16.5. The number of rotatable bonds is 6. The number of carbonyl (C=O) groups is 3. The molecule has 2 aromatic heterocycles.